The van der Waals surface area contributed by atoms with Gasteiger partial charge in [-0.15, -0.1) is 11.3 Å². The van der Waals surface area contributed by atoms with E-state index in [1.807, 2.05) is 0 Å². The van der Waals surface area contributed by atoms with Crippen molar-refractivity contribution in [1.82, 2.24) is 20.6 Å². The summed E-state index contributed by atoms with van der Waals surface area (Å²) in [6.07, 6.45) is 0. The first-order valence-electron chi connectivity index (χ1n) is 10.7. The summed E-state index contributed by atoms with van der Waals surface area (Å²) in [6.45, 7) is 5.43. The maximum absolute atomic E-state index is 12.4. The Morgan fingerprint density at radius 3 is 2.66 bits per heavy atom. The van der Waals surface area contributed by atoms with Crippen LogP contribution in [0.3, 0.4) is 0 Å². The van der Waals surface area contributed by atoms with Crippen LogP contribution in [0.2, 0.25) is 0 Å². The average Bonchev–Trinajstić information content (AvgIpc) is 3.20. The third-order valence-corrected chi connectivity index (χ3v) is 6.36. The molecule has 184 valence electrons. The van der Waals surface area contributed by atoms with Crippen molar-refractivity contribution < 1.29 is 29.0 Å². The molecule has 1 aromatic carbocycles. The molecule has 4 heterocycles. The van der Waals surface area contributed by atoms with Crippen LogP contribution in [0.25, 0.3) is 10.2 Å². The lowest BCUT2D eigenvalue weighted by atomic mass is 10.1. The van der Waals surface area contributed by atoms with Crippen molar-refractivity contribution in [3.8, 4) is 5.75 Å². The number of carboxylic acids is 1. The molecule has 0 saturated carbocycles. The number of carboxylic acid groups (broad SMARTS) is 1. The maximum atomic E-state index is 12.4. The highest BCUT2D eigenvalue weighted by Crippen LogP contribution is 2.29. The highest BCUT2D eigenvalue weighted by molar-refractivity contribution is 7.20. The largest absolute Gasteiger partial charge is 0.482 e. The molecule has 0 bridgehead atoms. The Labute approximate surface area is 202 Å². The Morgan fingerprint density at radius 1 is 1.23 bits per heavy atom. The monoisotopic (exact) mass is 501 g/mol. The zero-order chi connectivity index (χ0) is 24.9. The Morgan fingerprint density at radius 2 is 2.00 bits per heavy atom. The summed E-state index contributed by atoms with van der Waals surface area (Å²) < 4.78 is 10.3. The van der Waals surface area contributed by atoms with Gasteiger partial charge in [0, 0.05) is 19.6 Å². The van der Waals surface area contributed by atoms with Gasteiger partial charge < -0.3 is 35.5 Å². The van der Waals surface area contributed by atoms with Gasteiger partial charge in [0.15, 0.2) is 6.61 Å². The number of nitrogens with one attached hydrogen (secondary N) is 4. The number of ether oxygens (including phenoxy) is 2. The zero-order valence-electron chi connectivity index (χ0n) is 18.7. The average molecular weight is 502 g/mol. The standard InChI is InChI=1S/C18H14N4O6S.C4H9NO/c1-7-12-15(24)21-14(22-17(12)29-13(7)18(26)27)16(25)19-5-8-2-3-10-9(4-8)20-11(23)6-28-10;1-3-6-4-2-5-1/h2-4H,5-6H2,1H3,(H,19,25)(H,20,23)(H,26,27)(H,21,22,24);5H,1-4H2. The van der Waals surface area contributed by atoms with E-state index in [0.29, 0.717) is 22.6 Å². The number of anilines is 1. The van der Waals surface area contributed by atoms with Crippen molar-refractivity contribution >= 4 is 45.0 Å². The summed E-state index contributed by atoms with van der Waals surface area (Å²) in [5.41, 5.74) is 0.953. The lowest BCUT2D eigenvalue weighted by Gasteiger charge is -2.18. The van der Waals surface area contributed by atoms with Gasteiger partial charge in [-0.05, 0) is 30.2 Å². The van der Waals surface area contributed by atoms with Crippen LogP contribution in [0.4, 0.5) is 5.69 Å². The number of hydrogen-bond acceptors (Lipinski definition) is 9. The fourth-order valence-electron chi connectivity index (χ4n) is 3.48. The lowest BCUT2D eigenvalue weighted by molar-refractivity contribution is -0.118. The van der Waals surface area contributed by atoms with Crippen molar-refractivity contribution in [2.75, 3.05) is 38.2 Å². The molecular weight excluding hydrogens is 478 g/mol. The van der Waals surface area contributed by atoms with Crippen molar-refractivity contribution in [2.24, 2.45) is 0 Å². The summed E-state index contributed by atoms with van der Waals surface area (Å²) in [6, 6.07) is 5.09. The van der Waals surface area contributed by atoms with Crippen LogP contribution in [0.1, 0.15) is 31.4 Å². The Kier molecular flexibility index (Phi) is 7.39. The first-order chi connectivity index (χ1) is 16.8. The van der Waals surface area contributed by atoms with Crippen molar-refractivity contribution in [1.29, 1.82) is 0 Å². The van der Waals surface area contributed by atoms with Gasteiger partial charge in [0.2, 0.25) is 5.82 Å². The molecule has 2 aromatic heterocycles. The molecule has 35 heavy (non-hydrogen) atoms. The van der Waals surface area contributed by atoms with E-state index in [2.05, 4.69) is 25.9 Å². The van der Waals surface area contributed by atoms with E-state index < -0.39 is 17.4 Å². The molecule has 0 atom stereocenters. The topological polar surface area (TPSA) is 172 Å². The molecule has 3 aromatic rings. The van der Waals surface area contributed by atoms with Crippen LogP contribution >= 0.6 is 11.3 Å². The van der Waals surface area contributed by atoms with Crippen LogP contribution in [0.5, 0.6) is 5.75 Å². The number of aromatic amines is 1. The number of carbonyl (C=O) groups is 3. The number of hydrogen-bond donors (Lipinski definition) is 5. The number of nitrogens with zero attached hydrogens (tertiary/aromatic N) is 1. The second-order valence-electron chi connectivity index (χ2n) is 7.67. The summed E-state index contributed by atoms with van der Waals surface area (Å²) in [5, 5.41) is 17.8. The molecule has 0 spiro atoms. The smallest absolute Gasteiger partial charge is 0.346 e. The summed E-state index contributed by atoms with van der Waals surface area (Å²) >= 11 is 0.843. The maximum Gasteiger partial charge on any atom is 0.346 e. The molecular formula is C22H23N5O7S. The molecule has 13 heteroatoms. The summed E-state index contributed by atoms with van der Waals surface area (Å²) in [5.74, 6) is -1.71. The van der Waals surface area contributed by atoms with E-state index in [9.17, 15) is 24.3 Å². The summed E-state index contributed by atoms with van der Waals surface area (Å²) in [4.78, 5) is 54.1. The third kappa shape index (κ3) is 5.65. The first-order valence-corrected chi connectivity index (χ1v) is 11.5. The quantitative estimate of drug-likeness (QED) is 0.348. The van der Waals surface area contributed by atoms with Gasteiger partial charge in [0.1, 0.15) is 15.5 Å². The van der Waals surface area contributed by atoms with Crippen molar-refractivity contribution in [3.05, 3.63) is 50.4 Å². The molecule has 2 amide bonds. The molecule has 2 aliphatic rings. The number of H-pyrrole nitrogens is 1. The number of thiophene rings is 1. The van der Waals surface area contributed by atoms with E-state index in [1.54, 1.807) is 18.2 Å². The fourth-order valence-corrected chi connectivity index (χ4v) is 4.50. The van der Waals surface area contributed by atoms with Gasteiger partial charge in [-0.1, -0.05) is 6.07 Å². The summed E-state index contributed by atoms with van der Waals surface area (Å²) in [7, 11) is 0. The minimum Gasteiger partial charge on any atom is -0.482 e. The molecule has 1 saturated heterocycles. The van der Waals surface area contributed by atoms with Crippen molar-refractivity contribution in [2.45, 2.75) is 13.5 Å². The number of benzene rings is 1. The first kappa shape index (κ1) is 24.3. The Bertz CT molecular complexity index is 1330. The molecule has 2 aliphatic heterocycles. The van der Waals surface area contributed by atoms with Crippen LogP contribution < -0.4 is 26.2 Å². The van der Waals surface area contributed by atoms with Gasteiger partial charge in [0.25, 0.3) is 17.4 Å². The van der Waals surface area contributed by atoms with E-state index in [0.717, 1.165) is 37.6 Å². The molecule has 0 radical (unpaired) electrons. The number of rotatable bonds is 4. The number of carbonyl (C=O) groups excluding carboxylic acids is 2. The minimum absolute atomic E-state index is 0.00823. The number of morpholine rings is 1. The van der Waals surface area contributed by atoms with E-state index in [-0.39, 0.29) is 40.0 Å². The van der Waals surface area contributed by atoms with Gasteiger partial charge in [-0.2, -0.15) is 0 Å². The number of aromatic carboxylic acids is 1. The van der Waals surface area contributed by atoms with Gasteiger partial charge >= 0.3 is 5.97 Å². The van der Waals surface area contributed by atoms with E-state index in [4.69, 9.17) is 9.47 Å². The number of aromatic nitrogens is 2. The van der Waals surface area contributed by atoms with Crippen LogP contribution in [-0.2, 0) is 16.1 Å². The molecule has 12 nitrogen and oxygen atoms in total. The third-order valence-electron chi connectivity index (χ3n) is 5.19. The van der Waals surface area contributed by atoms with Gasteiger partial charge in [-0.25, -0.2) is 9.78 Å². The van der Waals surface area contributed by atoms with Crippen LogP contribution in [-0.4, -0.2) is 65.8 Å². The van der Waals surface area contributed by atoms with Gasteiger partial charge in [-0.3, -0.25) is 14.4 Å². The second kappa shape index (κ2) is 10.6. The predicted octanol–water partition coefficient (Wildman–Crippen LogP) is 0.858. The second-order valence-corrected chi connectivity index (χ2v) is 8.67. The Balaban J connectivity index is 0.000000421. The van der Waals surface area contributed by atoms with E-state index >= 15 is 0 Å². The molecule has 5 N–H and O–H groups in total. The van der Waals surface area contributed by atoms with Gasteiger partial charge in [0.05, 0.1) is 24.3 Å². The Hall–Kier alpha value is -3.81. The fraction of sp³-hybridized carbons (Fsp3) is 0.318. The minimum atomic E-state index is -1.15. The van der Waals surface area contributed by atoms with Crippen LogP contribution in [0.15, 0.2) is 23.0 Å². The molecule has 0 aliphatic carbocycles. The molecule has 0 unspecified atom stereocenters. The SMILES string of the molecule is C1COCCN1.Cc1c(C(=O)O)sc2nc(C(=O)NCc3ccc4c(c3)NC(=O)CO4)[nH]c(=O)c12. The van der Waals surface area contributed by atoms with Crippen molar-refractivity contribution in [3.63, 3.8) is 0 Å². The zero-order valence-corrected chi connectivity index (χ0v) is 19.5. The van der Waals surface area contributed by atoms with Crippen LogP contribution in [0, 0.1) is 6.92 Å². The normalized spacial score (nSPS) is 14.7. The lowest BCUT2D eigenvalue weighted by Crippen LogP contribution is -2.30. The molecule has 1 fully saturated rings. The van der Waals surface area contributed by atoms with E-state index in [1.165, 1.54) is 6.92 Å². The highest BCUT2D eigenvalue weighted by Gasteiger charge is 2.21. The highest BCUT2D eigenvalue weighted by atomic mass is 32.1. The number of fused-ring (bicyclic) bond motifs is 2. The number of aryl methyl sites for hydroxylation is 1. The molecule has 5 rings (SSSR count). The predicted molar refractivity (Wildman–Crippen MR) is 127 cm³/mol. The number of amides is 2.